The van der Waals surface area contributed by atoms with Gasteiger partial charge in [-0.25, -0.2) is 9.97 Å². The molecule has 1 aromatic heterocycles. The fourth-order valence-corrected chi connectivity index (χ4v) is 3.60. The van der Waals surface area contributed by atoms with Gasteiger partial charge in [0.05, 0.1) is 0 Å². The first-order valence-electron chi connectivity index (χ1n) is 9.91. The number of carbonyl (C=O) groups excluding carboxylic acids is 1. The van der Waals surface area contributed by atoms with Crippen LogP contribution in [-0.2, 0) is 0 Å². The minimum Gasteiger partial charge on any atom is -0.341 e. The Balaban J connectivity index is 1.94. The van der Waals surface area contributed by atoms with Crippen molar-refractivity contribution in [1.82, 2.24) is 9.97 Å². The number of nitrogens with one attached hydrogen (secondary N) is 1. The molecule has 5 nitrogen and oxygen atoms in total. The van der Waals surface area contributed by atoms with Crippen LogP contribution in [0.25, 0.3) is 0 Å². The van der Waals surface area contributed by atoms with Gasteiger partial charge in [0.15, 0.2) is 0 Å². The van der Waals surface area contributed by atoms with Gasteiger partial charge in [-0.15, -0.1) is 0 Å². The Morgan fingerprint density at radius 2 is 1.63 bits per heavy atom. The second-order valence-electron chi connectivity index (χ2n) is 7.96. The fourth-order valence-electron chi connectivity index (χ4n) is 3.60. The first-order chi connectivity index (χ1) is 12.9. The van der Waals surface area contributed by atoms with Crippen molar-refractivity contribution in [2.24, 2.45) is 0 Å². The van der Waals surface area contributed by atoms with E-state index in [2.05, 4.69) is 66.1 Å². The van der Waals surface area contributed by atoms with Gasteiger partial charge < -0.3 is 10.2 Å². The van der Waals surface area contributed by atoms with E-state index in [1.165, 1.54) is 0 Å². The number of hydrogen-bond donors (Lipinski definition) is 1. The Morgan fingerprint density at radius 1 is 1.04 bits per heavy atom. The molecule has 0 unspecified atom stereocenters. The molecular weight excluding hydrogens is 336 g/mol. The Hall–Kier alpha value is -2.43. The average molecular weight is 367 g/mol. The number of benzene rings is 1. The average Bonchev–Trinajstić information content (AvgIpc) is 3.15. The predicted octanol–water partition coefficient (Wildman–Crippen LogP) is 4.88. The Labute approximate surface area is 162 Å². The van der Waals surface area contributed by atoms with Crippen molar-refractivity contribution in [2.45, 2.75) is 59.3 Å². The molecule has 144 valence electrons. The first-order valence-corrected chi connectivity index (χ1v) is 9.91. The number of aryl methyl sites for hydroxylation is 1. The molecule has 1 aromatic carbocycles. The lowest BCUT2D eigenvalue weighted by molar-refractivity contribution is 0.102. The van der Waals surface area contributed by atoms with Gasteiger partial charge in [0.2, 0.25) is 5.95 Å². The standard InChI is InChI=1S/C22H30N4O/c1-14(2)17-9-8-10-18(15(3)4)20(17)25-21(27)19-13-16(5)23-22(24-19)26-11-6-7-12-26/h8-10,13-15H,6-7,11-12H2,1-5H3,(H,25,27). The summed E-state index contributed by atoms with van der Waals surface area (Å²) in [5.74, 6) is 1.15. The maximum Gasteiger partial charge on any atom is 0.274 e. The molecule has 5 heteroatoms. The summed E-state index contributed by atoms with van der Waals surface area (Å²) in [7, 11) is 0. The number of nitrogens with zero attached hydrogens (tertiary/aromatic N) is 3. The summed E-state index contributed by atoms with van der Waals surface area (Å²) >= 11 is 0. The van der Waals surface area contributed by atoms with E-state index in [1.807, 2.05) is 6.92 Å². The molecule has 0 aliphatic carbocycles. The van der Waals surface area contributed by atoms with E-state index in [9.17, 15) is 4.79 Å². The van der Waals surface area contributed by atoms with Gasteiger partial charge >= 0.3 is 0 Å². The Bertz CT molecular complexity index is 797. The molecule has 0 atom stereocenters. The number of amides is 1. The SMILES string of the molecule is Cc1cc(C(=O)Nc2c(C(C)C)cccc2C(C)C)nc(N2CCCC2)n1. The second kappa shape index (κ2) is 8.07. The minimum absolute atomic E-state index is 0.170. The van der Waals surface area contributed by atoms with Crippen LogP contribution >= 0.6 is 0 Å². The zero-order valence-electron chi connectivity index (χ0n) is 17.0. The van der Waals surface area contributed by atoms with Crippen LogP contribution in [0.5, 0.6) is 0 Å². The topological polar surface area (TPSA) is 58.1 Å². The smallest absolute Gasteiger partial charge is 0.274 e. The summed E-state index contributed by atoms with van der Waals surface area (Å²) in [6.45, 7) is 12.4. The first kappa shape index (κ1) is 19.3. The van der Waals surface area contributed by atoms with Gasteiger partial charge in [0.25, 0.3) is 5.91 Å². The molecule has 1 saturated heterocycles. The van der Waals surface area contributed by atoms with Gasteiger partial charge in [-0.05, 0) is 48.8 Å². The predicted molar refractivity (Wildman–Crippen MR) is 111 cm³/mol. The summed E-state index contributed by atoms with van der Waals surface area (Å²) in [4.78, 5) is 24.3. The molecule has 0 spiro atoms. The molecule has 2 heterocycles. The Morgan fingerprint density at radius 3 is 2.19 bits per heavy atom. The summed E-state index contributed by atoms with van der Waals surface area (Å²) in [5.41, 5.74) is 4.47. The molecule has 0 bridgehead atoms. The van der Waals surface area contributed by atoms with Crippen molar-refractivity contribution >= 4 is 17.5 Å². The number of para-hydroxylation sites is 1. The highest BCUT2D eigenvalue weighted by molar-refractivity contribution is 6.04. The normalized spacial score (nSPS) is 14.3. The highest BCUT2D eigenvalue weighted by Gasteiger charge is 2.20. The van der Waals surface area contributed by atoms with E-state index in [1.54, 1.807) is 6.07 Å². The van der Waals surface area contributed by atoms with Crippen LogP contribution in [0.15, 0.2) is 24.3 Å². The van der Waals surface area contributed by atoms with Crippen LogP contribution in [0.1, 0.15) is 79.7 Å². The zero-order chi connectivity index (χ0) is 19.6. The van der Waals surface area contributed by atoms with E-state index in [-0.39, 0.29) is 5.91 Å². The molecule has 0 saturated carbocycles. The third-order valence-electron chi connectivity index (χ3n) is 5.08. The lowest BCUT2D eigenvalue weighted by Crippen LogP contribution is -2.23. The molecule has 1 amide bonds. The van der Waals surface area contributed by atoms with E-state index in [0.29, 0.717) is 23.5 Å². The van der Waals surface area contributed by atoms with Crippen LogP contribution in [0.2, 0.25) is 0 Å². The Kier molecular flexibility index (Phi) is 5.78. The summed E-state index contributed by atoms with van der Waals surface area (Å²) in [6.07, 6.45) is 2.30. The third kappa shape index (κ3) is 4.29. The van der Waals surface area contributed by atoms with Crippen molar-refractivity contribution in [3.05, 3.63) is 46.8 Å². The van der Waals surface area contributed by atoms with E-state index in [0.717, 1.165) is 48.4 Å². The molecular formula is C22H30N4O. The number of aromatic nitrogens is 2. The number of anilines is 2. The molecule has 3 rings (SSSR count). The van der Waals surface area contributed by atoms with E-state index >= 15 is 0 Å². The molecule has 1 fully saturated rings. The van der Waals surface area contributed by atoms with Gasteiger partial charge in [-0.2, -0.15) is 0 Å². The monoisotopic (exact) mass is 366 g/mol. The van der Waals surface area contributed by atoms with Crippen molar-refractivity contribution in [2.75, 3.05) is 23.3 Å². The van der Waals surface area contributed by atoms with Crippen LogP contribution in [0.4, 0.5) is 11.6 Å². The number of hydrogen-bond acceptors (Lipinski definition) is 4. The van der Waals surface area contributed by atoms with E-state index in [4.69, 9.17) is 0 Å². The minimum atomic E-state index is -0.170. The van der Waals surface area contributed by atoms with Crippen LogP contribution in [0.3, 0.4) is 0 Å². The lowest BCUT2D eigenvalue weighted by Gasteiger charge is -2.20. The van der Waals surface area contributed by atoms with Crippen molar-refractivity contribution in [3.63, 3.8) is 0 Å². The van der Waals surface area contributed by atoms with Crippen molar-refractivity contribution in [1.29, 1.82) is 0 Å². The largest absolute Gasteiger partial charge is 0.341 e. The van der Waals surface area contributed by atoms with Crippen molar-refractivity contribution in [3.8, 4) is 0 Å². The molecule has 0 radical (unpaired) electrons. The molecule has 1 aliphatic rings. The quantitative estimate of drug-likeness (QED) is 0.819. The lowest BCUT2D eigenvalue weighted by atomic mass is 9.92. The van der Waals surface area contributed by atoms with Gasteiger partial charge in [-0.1, -0.05) is 45.9 Å². The molecule has 1 aliphatic heterocycles. The third-order valence-corrected chi connectivity index (χ3v) is 5.08. The van der Waals surface area contributed by atoms with Gasteiger partial charge in [0, 0.05) is 24.5 Å². The van der Waals surface area contributed by atoms with Crippen LogP contribution in [0, 0.1) is 6.92 Å². The van der Waals surface area contributed by atoms with Crippen LogP contribution < -0.4 is 10.2 Å². The summed E-state index contributed by atoms with van der Waals surface area (Å²) in [6, 6.07) is 8.02. The van der Waals surface area contributed by atoms with Crippen molar-refractivity contribution < 1.29 is 4.79 Å². The summed E-state index contributed by atoms with van der Waals surface area (Å²) < 4.78 is 0. The fraction of sp³-hybridized carbons (Fsp3) is 0.500. The van der Waals surface area contributed by atoms with Gasteiger partial charge in [0.1, 0.15) is 5.69 Å². The number of carbonyl (C=O) groups is 1. The highest BCUT2D eigenvalue weighted by atomic mass is 16.1. The zero-order valence-corrected chi connectivity index (χ0v) is 17.0. The molecule has 27 heavy (non-hydrogen) atoms. The number of rotatable bonds is 5. The van der Waals surface area contributed by atoms with Gasteiger partial charge in [-0.3, -0.25) is 4.79 Å². The molecule has 1 N–H and O–H groups in total. The molecule has 2 aromatic rings. The maximum atomic E-state index is 13.1. The van der Waals surface area contributed by atoms with E-state index < -0.39 is 0 Å². The summed E-state index contributed by atoms with van der Waals surface area (Å²) in [5, 5.41) is 3.16. The highest BCUT2D eigenvalue weighted by Crippen LogP contribution is 2.32. The van der Waals surface area contributed by atoms with Crippen LogP contribution in [-0.4, -0.2) is 29.0 Å². The second-order valence-corrected chi connectivity index (χ2v) is 7.96. The maximum absolute atomic E-state index is 13.1.